The second-order valence-electron chi connectivity index (χ2n) is 8.47. The highest BCUT2D eigenvalue weighted by atomic mass is 16.4. The molecule has 0 saturated carbocycles. The highest BCUT2D eigenvalue weighted by Gasteiger charge is 2.16. The highest BCUT2D eigenvalue weighted by molar-refractivity contribution is 5.95. The fraction of sp³-hybridized carbons (Fsp3) is 0.0909. The summed E-state index contributed by atoms with van der Waals surface area (Å²) in [5, 5.41) is 17.4. The standard InChI is InChI=1S/C30H25N3O2.3CH2O/c34-29(35)17-16-26-21-33(32-31-26)20-22-18-27(23-10-4-1-5-11-23)30(25-14-8-3-9-15-25)28(19-22)24-12-6-2-7-13-24;3*1-2/h1-15,18-19,21H,16-17,20H2,(H,34,35);3*1H2. The molecule has 0 spiro atoms. The van der Waals surface area contributed by atoms with Gasteiger partial charge in [0.1, 0.15) is 20.4 Å². The van der Waals surface area contributed by atoms with Crippen LogP contribution >= 0.6 is 0 Å². The number of carbonyl (C=O) groups is 4. The predicted molar refractivity (Wildman–Crippen MR) is 159 cm³/mol. The van der Waals surface area contributed by atoms with Crippen LogP contribution in [0.2, 0.25) is 0 Å². The molecule has 8 nitrogen and oxygen atoms in total. The normalized spacial score (nSPS) is 9.56. The van der Waals surface area contributed by atoms with Crippen LogP contribution in [0, 0.1) is 0 Å². The van der Waals surface area contributed by atoms with Gasteiger partial charge in [0.15, 0.2) is 0 Å². The summed E-state index contributed by atoms with van der Waals surface area (Å²) in [6, 6.07) is 35.8. The molecule has 0 saturated heterocycles. The fourth-order valence-electron chi connectivity index (χ4n) is 4.35. The van der Waals surface area contributed by atoms with Gasteiger partial charge in [-0.2, -0.15) is 0 Å². The van der Waals surface area contributed by atoms with Crippen LogP contribution in [-0.2, 0) is 32.1 Å². The van der Waals surface area contributed by atoms with E-state index >= 15 is 0 Å². The van der Waals surface area contributed by atoms with Gasteiger partial charge in [-0.15, -0.1) is 5.10 Å². The first-order chi connectivity index (χ1) is 20.2. The number of carbonyl (C=O) groups excluding carboxylic acids is 3. The fourth-order valence-corrected chi connectivity index (χ4v) is 4.35. The number of hydrogen-bond acceptors (Lipinski definition) is 6. The minimum Gasteiger partial charge on any atom is -0.481 e. The number of carboxylic acid groups (broad SMARTS) is 1. The Morgan fingerprint density at radius 2 is 1.12 bits per heavy atom. The minimum absolute atomic E-state index is 0.0424. The SMILES string of the molecule is C=O.C=O.C=O.O=C(O)CCc1cn(Cc2cc(-c3ccccc3)c(-c3ccccc3)c(-c3ccccc3)c2)nn1. The summed E-state index contributed by atoms with van der Waals surface area (Å²) in [7, 11) is 0. The van der Waals surface area contributed by atoms with Crippen molar-refractivity contribution in [2.24, 2.45) is 0 Å². The van der Waals surface area contributed by atoms with E-state index in [1.54, 1.807) is 4.68 Å². The van der Waals surface area contributed by atoms with Crippen LogP contribution < -0.4 is 0 Å². The summed E-state index contributed by atoms with van der Waals surface area (Å²) < 4.78 is 1.78. The lowest BCUT2D eigenvalue weighted by Gasteiger charge is -2.19. The van der Waals surface area contributed by atoms with Crippen LogP contribution in [0.1, 0.15) is 17.7 Å². The Balaban J connectivity index is 0.000000921. The molecule has 0 unspecified atom stereocenters. The monoisotopic (exact) mass is 549 g/mol. The number of nitrogens with zero attached hydrogens (tertiary/aromatic N) is 3. The van der Waals surface area contributed by atoms with Crippen molar-refractivity contribution in [1.29, 1.82) is 0 Å². The van der Waals surface area contributed by atoms with Gasteiger partial charge in [-0.25, -0.2) is 4.68 Å². The highest BCUT2D eigenvalue weighted by Crippen LogP contribution is 2.41. The Hall–Kier alpha value is -5.50. The molecular weight excluding hydrogens is 518 g/mol. The number of carboxylic acids is 1. The summed E-state index contributed by atoms with van der Waals surface area (Å²) in [6.45, 7) is 6.54. The molecule has 5 rings (SSSR count). The summed E-state index contributed by atoms with van der Waals surface area (Å²) in [5.41, 5.74) is 8.72. The molecule has 0 bridgehead atoms. The van der Waals surface area contributed by atoms with Crippen molar-refractivity contribution in [3.05, 3.63) is 121 Å². The summed E-state index contributed by atoms with van der Waals surface area (Å²) in [4.78, 5) is 34.9. The molecule has 8 heteroatoms. The van der Waals surface area contributed by atoms with Gasteiger partial charge < -0.3 is 19.5 Å². The molecule has 0 radical (unpaired) electrons. The zero-order valence-electron chi connectivity index (χ0n) is 22.6. The molecule has 0 fully saturated rings. The summed E-state index contributed by atoms with van der Waals surface area (Å²) >= 11 is 0. The van der Waals surface area contributed by atoms with Gasteiger partial charge in [-0.05, 0) is 51.1 Å². The second-order valence-corrected chi connectivity index (χ2v) is 8.47. The Labute approximate surface area is 238 Å². The maximum atomic E-state index is 10.9. The van der Waals surface area contributed by atoms with Gasteiger partial charge in [-0.1, -0.05) is 96.2 Å². The zero-order valence-corrected chi connectivity index (χ0v) is 22.6. The Bertz CT molecular complexity index is 1420. The average Bonchev–Trinajstić information content (AvgIpc) is 3.51. The molecule has 41 heavy (non-hydrogen) atoms. The predicted octanol–water partition coefficient (Wildman–Crippen LogP) is 5.79. The molecule has 4 aromatic carbocycles. The zero-order chi connectivity index (χ0) is 30.0. The lowest BCUT2D eigenvalue weighted by molar-refractivity contribution is -0.137. The van der Waals surface area contributed by atoms with Crippen LogP contribution in [0.3, 0.4) is 0 Å². The summed E-state index contributed by atoms with van der Waals surface area (Å²) in [6.07, 6.45) is 2.24. The average molecular weight is 550 g/mol. The molecular formula is C33H31N3O5. The van der Waals surface area contributed by atoms with Gasteiger partial charge in [0, 0.05) is 12.6 Å². The van der Waals surface area contributed by atoms with E-state index in [4.69, 9.17) is 19.5 Å². The largest absolute Gasteiger partial charge is 0.481 e. The first-order valence-corrected chi connectivity index (χ1v) is 12.5. The Kier molecular flexibility index (Phi) is 13.3. The molecule has 1 aromatic heterocycles. The van der Waals surface area contributed by atoms with Crippen LogP contribution in [0.25, 0.3) is 33.4 Å². The number of rotatable bonds is 8. The number of benzene rings is 4. The van der Waals surface area contributed by atoms with E-state index in [1.165, 1.54) is 5.56 Å². The van der Waals surface area contributed by atoms with Crippen LogP contribution in [-0.4, -0.2) is 46.4 Å². The van der Waals surface area contributed by atoms with E-state index in [-0.39, 0.29) is 6.42 Å². The number of hydrogen-bond donors (Lipinski definition) is 1. The van der Waals surface area contributed by atoms with Crippen molar-refractivity contribution in [1.82, 2.24) is 15.0 Å². The van der Waals surface area contributed by atoms with Crippen molar-refractivity contribution in [2.45, 2.75) is 19.4 Å². The van der Waals surface area contributed by atoms with Gasteiger partial charge in [0.2, 0.25) is 0 Å². The molecule has 5 aromatic rings. The van der Waals surface area contributed by atoms with Crippen molar-refractivity contribution < 1.29 is 24.3 Å². The van der Waals surface area contributed by atoms with Crippen molar-refractivity contribution in [2.75, 3.05) is 0 Å². The van der Waals surface area contributed by atoms with Gasteiger partial charge in [0.05, 0.1) is 18.7 Å². The van der Waals surface area contributed by atoms with Gasteiger partial charge in [0.25, 0.3) is 0 Å². The molecule has 1 N–H and O–H groups in total. The molecule has 0 amide bonds. The van der Waals surface area contributed by atoms with E-state index in [0.29, 0.717) is 18.7 Å². The first-order valence-electron chi connectivity index (χ1n) is 12.5. The lowest BCUT2D eigenvalue weighted by atomic mass is 9.86. The van der Waals surface area contributed by atoms with Crippen molar-refractivity contribution in [3.63, 3.8) is 0 Å². The van der Waals surface area contributed by atoms with Crippen LogP contribution in [0.4, 0.5) is 0 Å². The van der Waals surface area contributed by atoms with Crippen LogP contribution in [0.5, 0.6) is 0 Å². The second kappa shape index (κ2) is 17.2. The number of aliphatic carboxylic acids is 1. The molecule has 0 aliphatic heterocycles. The smallest absolute Gasteiger partial charge is 0.303 e. The van der Waals surface area contributed by atoms with E-state index in [9.17, 15) is 4.79 Å². The van der Waals surface area contributed by atoms with Crippen LogP contribution in [0.15, 0.2) is 109 Å². The lowest BCUT2D eigenvalue weighted by Crippen LogP contribution is -2.02. The van der Waals surface area contributed by atoms with E-state index in [2.05, 4.69) is 95.2 Å². The molecule has 1 heterocycles. The third kappa shape index (κ3) is 8.76. The molecule has 0 atom stereocenters. The first kappa shape index (κ1) is 31.7. The molecule has 0 aliphatic rings. The maximum Gasteiger partial charge on any atom is 0.303 e. The minimum atomic E-state index is -0.837. The molecule has 0 aliphatic carbocycles. The van der Waals surface area contributed by atoms with Crippen molar-refractivity contribution in [3.8, 4) is 33.4 Å². The van der Waals surface area contributed by atoms with E-state index < -0.39 is 5.97 Å². The number of aryl methyl sites for hydroxylation is 1. The number of aromatic nitrogens is 3. The van der Waals surface area contributed by atoms with Crippen molar-refractivity contribution >= 4 is 26.3 Å². The summed E-state index contributed by atoms with van der Waals surface area (Å²) in [5.74, 6) is -0.837. The third-order valence-corrected chi connectivity index (χ3v) is 5.96. The topological polar surface area (TPSA) is 119 Å². The van der Waals surface area contributed by atoms with Gasteiger partial charge in [-0.3, -0.25) is 4.79 Å². The third-order valence-electron chi connectivity index (χ3n) is 5.96. The quantitative estimate of drug-likeness (QED) is 0.260. The maximum absolute atomic E-state index is 10.9. The van der Waals surface area contributed by atoms with E-state index in [1.807, 2.05) is 44.8 Å². The van der Waals surface area contributed by atoms with E-state index in [0.717, 1.165) is 33.4 Å². The Morgan fingerprint density at radius 3 is 1.56 bits per heavy atom. The van der Waals surface area contributed by atoms with Gasteiger partial charge >= 0.3 is 5.97 Å². The Morgan fingerprint density at radius 1 is 0.683 bits per heavy atom. The molecule has 208 valence electrons.